The van der Waals surface area contributed by atoms with Crippen molar-refractivity contribution in [3.05, 3.63) is 99.0 Å². The maximum Gasteiger partial charge on any atom is 0.322 e. The molecule has 0 saturated heterocycles. The topological polar surface area (TPSA) is 32.3 Å². The van der Waals surface area contributed by atoms with Crippen LogP contribution in [0.5, 0.6) is 0 Å². The first kappa shape index (κ1) is 20.5. The van der Waals surface area contributed by atoms with Crippen molar-refractivity contribution in [2.45, 2.75) is 19.5 Å². The molecule has 1 N–H and O–H groups in total. The van der Waals surface area contributed by atoms with E-state index in [9.17, 15) is 4.79 Å². The SMILES string of the molecule is CC(c1ccccc1)N(Cc1ccc(Cl)cc1)C(=O)Nc1ccc(Cl)cc1Cl. The fourth-order valence-electron chi connectivity index (χ4n) is 2.86. The maximum atomic E-state index is 13.1. The number of hydrogen-bond donors (Lipinski definition) is 1. The van der Waals surface area contributed by atoms with E-state index >= 15 is 0 Å². The van der Waals surface area contributed by atoms with Gasteiger partial charge in [-0.2, -0.15) is 0 Å². The molecule has 0 aliphatic rings. The highest BCUT2D eigenvalue weighted by atomic mass is 35.5. The van der Waals surface area contributed by atoms with Crippen molar-refractivity contribution in [2.24, 2.45) is 0 Å². The molecule has 0 heterocycles. The lowest BCUT2D eigenvalue weighted by atomic mass is 10.1. The first-order valence-corrected chi connectivity index (χ1v) is 9.89. The second-order valence-corrected chi connectivity index (χ2v) is 7.68. The molecule has 0 fully saturated rings. The number of hydrogen-bond acceptors (Lipinski definition) is 1. The van der Waals surface area contributed by atoms with Crippen molar-refractivity contribution in [2.75, 3.05) is 5.32 Å². The van der Waals surface area contributed by atoms with Crippen LogP contribution in [-0.2, 0) is 6.54 Å². The summed E-state index contributed by atoms with van der Waals surface area (Å²) in [6.07, 6.45) is 0. The number of halogens is 3. The van der Waals surface area contributed by atoms with E-state index in [0.29, 0.717) is 27.3 Å². The summed E-state index contributed by atoms with van der Waals surface area (Å²) in [5, 5.41) is 4.45. The lowest BCUT2D eigenvalue weighted by Gasteiger charge is -2.30. The van der Waals surface area contributed by atoms with E-state index in [-0.39, 0.29) is 12.1 Å². The van der Waals surface area contributed by atoms with Crippen molar-refractivity contribution in [3.8, 4) is 0 Å². The van der Waals surface area contributed by atoms with Crippen LogP contribution in [-0.4, -0.2) is 10.9 Å². The summed E-state index contributed by atoms with van der Waals surface area (Å²) in [7, 11) is 0. The van der Waals surface area contributed by atoms with E-state index in [2.05, 4.69) is 5.32 Å². The highest BCUT2D eigenvalue weighted by Crippen LogP contribution is 2.28. The zero-order chi connectivity index (χ0) is 20.1. The van der Waals surface area contributed by atoms with E-state index in [1.165, 1.54) is 0 Å². The summed E-state index contributed by atoms with van der Waals surface area (Å²) in [5.41, 5.74) is 2.52. The van der Waals surface area contributed by atoms with Crippen molar-refractivity contribution in [1.82, 2.24) is 4.90 Å². The predicted molar refractivity (Wildman–Crippen MR) is 117 cm³/mol. The molecule has 1 unspecified atom stereocenters. The van der Waals surface area contributed by atoms with Gasteiger partial charge in [0.05, 0.1) is 16.8 Å². The zero-order valence-corrected chi connectivity index (χ0v) is 17.5. The second kappa shape index (κ2) is 9.33. The van der Waals surface area contributed by atoms with Gasteiger partial charge in [0.1, 0.15) is 0 Å². The van der Waals surface area contributed by atoms with Gasteiger partial charge >= 0.3 is 6.03 Å². The Labute approximate surface area is 179 Å². The summed E-state index contributed by atoms with van der Waals surface area (Å²) in [6.45, 7) is 2.42. The monoisotopic (exact) mass is 432 g/mol. The molecule has 0 saturated carbocycles. The van der Waals surface area contributed by atoms with Gasteiger partial charge in [-0.25, -0.2) is 4.79 Å². The summed E-state index contributed by atoms with van der Waals surface area (Å²) < 4.78 is 0. The Morgan fingerprint density at radius 2 is 1.57 bits per heavy atom. The smallest absolute Gasteiger partial charge is 0.313 e. The third-order valence-corrected chi connectivity index (χ3v) is 5.25. The number of nitrogens with one attached hydrogen (secondary N) is 1. The Morgan fingerprint density at radius 3 is 2.21 bits per heavy atom. The van der Waals surface area contributed by atoms with Gasteiger partial charge in [-0.3, -0.25) is 0 Å². The Bertz CT molecular complexity index is 946. The molecule has 3 nitrogen and oxygen atoms in total. The Morgan fingerprint density at radius 1 is 0.929 bits per heavy atom. The third-order valence-electron chi connectivity index (χ3n) is 4.45. The van der Waals surface area contributed by atoms with E-state index in [4.69, 9.17) is 34.8 Å². The number of rotatable bonds is 5. The van der Waals surface area contributed by atoms with Crippen LogP contribution in [0.1, 0.15) is 24.1 Å². The third kappa shape index (κ3) is 5.20. The van der Waals surface area contributed by atoms with Crippen molar-refractivity contribution in [1.29, 1.82) is 0 Å². The summed E-state index contributed by atoms with van der Waals surface area (Å²) in [5.74, 6) is 0. The fraction of sp³-hybridized carbons (Fsp3) is 0.136. The van der Waals surface area contributed by atoms with Gasteiger partial charge in [-0.1, -0.05) is 77.3 Å². The summed E-state index contributed by atoms with van der Waals surface area (Å²) >= 11 is 18.2. The van der Waals surface area contributed by atoms with E-state index in [0.717, 1.165) is 11.1 Å². The number of urea groups is 1. The van der Waals surface area contributed by atoms with Crippen molar-refractivity contribution < 1.29 is 4.79 Å². The molecule has 0 spiro atoms. The van der Waals surface area contributed by atoms with Gasteiger partial charge in [0.2, 0.25) is 0 Å². The summed E-state index contributed by atoms with van der Waals surface area (Å²) in [6, 6.07) is 21.9. The standard InChI is InChI=1S/C22H19Cl3N2O/c1-15(17-5-3-2-4-6-17)27(14-16-7-9-18(23)10-8-16)22(28)26-21-12-11-19(24)13-20(21)25/h2-13,15H,14H2,1H3,(H,26,28). The fourth-order valence-corrected chi connectivity index (χ4v) is 3.44. The molecule has 28 heavy (non-hydrogen) atoms. The number of carbonyl (C=O) groups is 1. The maximum absolute atomic E-state index is 13.1. The minimum Gasteiger partial charge on any atom is -0.313 e. The molecular weight excluding hydrogens is 415 g/mol. The lowest BCUT2D eigenvalue weighted by molar-refractivity contribution is 0.189. The van der Waals surface area contributed by atoms with Crippen LogP contribution >= 0.6 is 34.8 Å². The highest BCUT2D eigenvalue weighted by molar-refractivity contribution is 6.36. The van der Waals surface area contributed by atoms with Gasteiger partial charge in [0.15, 0.2) is 0 Å². The number of benzene rings is 3. The number of carbonyl (C=O) groups excluding carboxylic acids is 1. The second-order valence-electron chi connectivity index (χ2n) is 6.40. The average molecular weight is 434 g/mol. The Balaban J connectivity index is 1.87. The van der Waals surface area contributed by atoms with Crippen LogP contribution in [0.2, 0.25) is 15.1 Å². The number of amides is 2. The largest absolute Gasteiger partial charge is 0.322 e. The lowest BCUT2D eigenvalue weighted by Crippen LogP contribution is -2.36. The highest BCUT2D eigenvalue weighted by Gasteiger charge is 2.22. The van der Waals surface area contributed by atoms with Gasteiger partial charge in [-0.15, -0.1) is 0 Å². The van der Waals surface area contributed by atoms with Crippen LogP contribution in [0.4, 0.5) is 10.5 Å². The van der Waals surface area contributed by atoms with E-state index < -0.39 is 0 Å². The molecule has 144 valence electrons. The number of nitrogens with zero attached hydrogens (tertiary/aromatic N) is 1. The molecular formula is C22H19Cl3N2O. The van der Waals surface area contributed by atoms with Crippen LogP contribution in [0.3, 0.4) is 0 Å². The first-order chi connectivity index (χ1) is 13.4. The molecule has 0 radical (unpaired) electrons. The minimum absolute atomic E-state index is 0.150. The van der Waals surface area contributed by atoms with Gasteiger partial charge in [0.25, 0.3) is 0 Å². The van der Waals surface area contributed by atoms with Gasteiger partial charge in [-0.05, 0) is 48.4 Å². The molecule has 1 atom stereocenters. The molecule has 0 bridgehead atoms. The summed E-state index contributed by atoms with van der Waals surface area (Å²) in [4.78, 5) is 14.9. The van der Waals surface area contributed by atoms with Crippen LogP contribution in [0.25, 0.3) is 0 Å². The molecule has 6 heteroatoms. The zero-order valence-electron chi connectivity index (χ0n) is 15.2. The quantitative estimate of drug-likeness (QED) is 0.445. The molecule has 3 rings (SSSR count). The van der Waals surface area contributed by atoms with Crippen LogP contribution < -0.4 is 5.32 Å². The van der Waals surface area contributed by atoms with Crippen molar-refractivity contribution in [3.63, 3.8) is 0 Å². The Hall–Kier alpha value is -2.20. The molecule has 0 aliphatic heterocycles. The average Bonchev–Trinajstić information content (AvgIpc) is 2.69. The van der Waals surface area contributed by atoms with Gasteiger partial charge in [0, 0.05) is 16.6 Å². The van der Waals surface area contributed by atoms with Gasteiger partial charge < -0.3 is 10.2 Å². The van der Waals surface area contributed by atoms with E-state index in [1.807, 2.05) is 61.5 Å². The van der Waals surface area contributed by atoms with E-state index in [1.54, 1.807) is 23.1 Å². The molecule has 2 amide bonds. The molecule has 0 aliphatic carbocycles. The first-order valence-electron chi connectivity index (χ1n) is 8.76. The van der Waals surface area contributed by atoms with Crippen LogP contribution in [0.15, 0.2) is 72.8 Å². The minimum atomic E-state index is -0.254. The van der Waals surface area contributed by atoms with Crippen LogP contribution in [0, 0.1) is 0 Å². The molecule has 0 aromatic heterocycles. The normalized spacial score (nSPS) is 11.7. The van der Waals surface area contributed by atoms with Crippen molar-refractivity contribution >= 4 is 46.5 Å². The number of anilines is 1. The molecule has 3 aromatic carbocycles. The Kier molecular flexibility index (Phi) is 6.84. The molecule has 3 aromatic rings. The predicted octanol–water partition coefficient (Wildman–Crippen LogP) is 7.44.